The van der Waals surface area contributed by atoms with E-state index in [1.54, 1.807) is 36.4 Å². The third-order valence-electron chi connectivity index (χ3n) is 3.55. The highest BCUT2D eigenvalue weighted by atomic mass is 19.1. The van der Waals surface area contributed by atoms with Crippen LogP contribution in [0.25, 0.3) is 0 Å². The van der Waals surface area contributed by atoms with Gasteiger partial charge in [0.2, 0.25) is 5.91 Å². The SMILES string of the molecule is C=CCN(Cc1ccccc1F)C(=O)Cc1ccccc1[N+](=O)[O-]. The monoisotopic (exact) mass is 328 g/mol. The van der Waals surface area contributed by atoms with E-state index < -0.39 is 10.7 Å². The Hall–Kier alpha value is -3.02. The molecule has 0 aromatic heterocycles. The summed E-state index contributed by atoms with van der Waals surface area (Å²) in [6.07, 6.45) is 1.41. The highest BCUT2D eigenvalue weighted by molar-refractivity contribution is 5.80. The number of benzene rings is 2. The van der Waals surface area contributed by atoms with Crippen LogP contribution in [-0.4, -0.2) is 22.3 Å². The van der Waals surface area contributed by atoms with Crippen LogP contribution in [0, 0.1) is 15.9 Å². The molecule has 0 unspecified atom stereocenters. The molecule has 0 aliphatic heterocycles. The van der Waals surface area contributed by atoms with Crippen molar-refractivity contribution in [2.24, 2.45) is 0 Å². The maximum Gasteiger partial charge on any atom is 0.273 e. The van der Waals surface area contributed by atoms with Crippen molar-refractivity contribution in [3.8, 4) is 0 Å². The lowest BCUT2D eigenvalue weighted by Crippen LogP contribution is -2.32. The first kappa shape index (κ1) is 17.3. The van der Waals surface area contributed by atoms with Crippen LogP contribution in [0.5, 0.6) is 0 Å². The van der Waals surface area contributed by atoms with Gasteiger partial charge in [-0.1, -0.05) is 42.5 Å². The summed E-state index contributed by atoms with van der Waals surface area (Å²) < 4.78 is 13.8. The third kappa shape index (κ3) is 4.25. The van der Waals surface area contributed by atoms with Gasteiger partial charge in [0.25, 0.3) is 5.69 Å². The number of para-hydroxylation sites is 1. The Balaban J connectivity index is 2.19. The lowest BCUT2D eigenvalue weighted by molar-refractivity contribution is -0.385. The summed E-state index contributed by atoms with van der Waals surface area (Å²) in [5, 5.41) is 11.0. The summed E-state index contributed by atoms with van der Waals surface area (Å²) in [4.78, 5) is 24.5. The average Bonchev–Trinajstić information content (AvgIpc) is 2.56. The lowest BCUT2D eigenvalue weighted by atomic mass is 10.1. The van der Waals surface area contributed by atoms with E-state index in [2.05, 4.69) is 6.58 Å². The smallest absolute Gasteiger partial charge is 0.273 e. The number of nitro benzene ring substituents is 1. The van der Waals surface area contributed by atoms with Gasteiger partial charge in [-0.2, -0.15) is 0 Å². The van der Waals surface area contributed by atoms with E-state index in [0.29, 0.717) is 11.1 Å². The van der Waals surface area contributed by atoms with Crippen molar-refractivity contribution in [1.29, 1.82) is 0 Å². The van der Waals surface area contributed by atoms with Gasteiger partial charge >= 0.3 is 0 Å². The summed E-state index contributed by atoms with van der Waals surface area (Å²) in [7, 11) is 0. The molecular formula is C18H17FN2O3. The average molecular weight is 328 g/mol. The quantitative estimate of drug-likeness (QED) is 0.444. The Morgan fingerprint density at radius 2 is 1.79 bits per heavy atom. The van der Waals surface area contributed by atoms with Gasteiger partial charge in [-0.05, 0) is 6.07 Å². The molecule has 5 nitrogen and oxygen atoms in total. The fourth-order valence-corrected chi connectivity index (χ4v) is 2.36. The van der Waals surface area contributed by atoms with Crippen molar-refractivity contribution in [1.82, 2.24) is 4.90 Å². The van der Waals surface area contributed by atoms with Gasteiger partial charge in [0.05, 0.1) is 11.3 Å². The predicted octanol–water partition coefficient (Wildman–Crippen LogP) is 3.49. The van der Waals surface area contributed by atoms with Crippen LogP contribution in [0.1, 0.15) is 11.1 Å². The normalized spacial score (nSPS) is 10.2. The third-order valence-corrected chi connectivity index (χ3v) is 3.55. The van der Waals surface area contributed by atoms with Crippen LogP contribution in [0.4, 0.5) is 10.1 Å². The zero-order chi connectivity index (χ0) is 17.5. The second-order valence-corrected chi connectivity index (χ2v) is 5.22. The van der Waals surface area contributed by atoms with E-state index in [1.807, 2.05) is 0 Å². The summed E-state index contributed by atoms with van der Waals surface area (Å²) in [6, 6.07) is 12.3. The van der Waals surface area contributed by atoms with E-state index in [1.165, 1.54) is 23.1 Å². The first-order chi connectivity index (χ1) is 11.5. The fraction of sp³-hybridized carbons (Fsp3) is 0.167. The predicted molar refractivity (Wildman–Crippen MR) is 88.8 cm³/mol. The zero-order valence-corrected chi connectivity index (χ0v) is 13.0. The molecular weight excluding hydrogens is 311 g/mol. The molecule has 2 rings (SSSR count). The molecule has 0 heterocycles. The Labute approximate surface area is 139 Å². The van der Waals surface area contributed by atoms with Crippen LogP contribution in [0.2, 0.25) is 0 Å². The Kier molecular flexibility index (Phi) is 5.78. The number of carbonyl (C=O) groups excluding carboxylic acids is 1. The lowest BCUT2D eigenvalue weighted by Gasteiger charge is -2.21. The molecule has 2 aromatic rings. The first-order valence-corrected chi connectivity index (χ1v) is 7.37. The first-order valence-electron chi connectivity index (χ1n) is 7.37. The molecule has 0 fully saturated rings. The van der Waals surface area contributed by atoms with Crippen molar-refractivity contribution in [3.05, 3.63) is 88.2 Å². The zero-order valence-electron chi connectivity index (χ0n) is 13.0. The van der Waals surface area contributed by atoms with E-state index in [9.17, 15) is 19.3 Å². The van der Waals surface area contributed by atoms with Gasteiger partial charge in [0, 0.05) is 30.3 Å². The fourth-order valence-electron chi connectivity index (χ4n) is 2.36. The topological polar surface area (TPSA) is 63.5 Å². The van der Waals surface area contributed by atoms with E-state index >= 15 is 0 Å². The van der Waals surface area contributed by atoms with Gasteiger partial charge in [0.1, 0.15) is 5.82 Å². The number of amides is 1. The van der Waals surface area contributed by atoms with Gasteiger partial charge < -0.3 is 4.90 Å². The van der Waals surface area contributed by atoms with Gasteiger partial charge in [0.15, 0.2) is 0 Å². The molecule has 0 saturated carbocycles. The van der Waals surface area contributed by atoms with Crippen molar-refractivity contribution in [2.45, 2.75) is 13.0 Å². The minimum absolute atomic E-state index is 0.0815. The molecule has 0 saturated heterocycles. The van der Waals surface area contributed by atoms with Crippen LogP contribution >= 0.6 is 0 Å². The Bertz CT molecular complexity index is 761. The van der Waals surface area contributed by atoms with Crippen LogP contribution in [-0.2, 0) is 17.8 Å². The molecule has 2 aromatic carbocycles. The van der Waals surface area contributed by atoms with Crippen molar-refractivity contribution in [3.63, 3.8) is 0 Å². The molecule has 0 bridgehead atoms. The van der Waals surface area contributed by atoms with Crippen molar-refractivity contribution < 1.29 is 14.1 Å². The number of rotatable bonds is 7. The van der Waals surface area contributed by atoms with E-state index in [4.69, 9.17) is 0 Å². The molecule has 124 valence electrons. The molecule has 0 radical (unpaired) electrons. The maximum atomic E-state index is 13.8. The van der Waals surface area contributed by atoms with Crippen LogP contribution in [0.15, 0.2) is 61.2 Å². The number of nitrogens with zero attached hydrogens (tertiary/aromatic N) is 2. The number of hydrogen-bond acceptors (Lipinski definition) is 3. The summed E-state index contributed by atoms with van der Waals surface area (Å²) in [5.41, 5.74) is 0.612. The highest BCUT2D eigenvalue weighted by Crippen LogP contribution is 2.19. The molecule has 6 heteroatoms. The standard InChI is InChI=1S/C18H17FN2O3/c1-2-11-20(13-15-8-3-5-9-16(15)19)18(22)12-14-7-4-6-10-17(14)21(23)24/h2-10H,1,11-13H2. The minimum atomic E-state index is -0.517. The minimum Gasteiger partial charge on any atom is -0.334 e. The Morgan fingerprint density at radius 3 is 2.42 bits per heavy atom. The van der Waals surface area contributed by atoms with Gasteiger partial charge in [-0.3, -0.25) is 14.9 Å². The molecule has 0 aliphatic rings. The van der Waals surface area contributed by atoms with Gasteiger partial charge in [-0.15, -0.1) is 6.58 Å². The highest BCUT2D eigenvalue weighted by Gasteiger charge is 2.20. The maximum absolute atomic E-state index is 13.8. The van der Waals surface area contributed by atoms with Gasteiger partial charge in [-0.25, -0.2) is 4.39 Å². The van der Waals surface area contributed by atoms with Crippen molar-refractivity contribution >= 4 is 11.6 Å². The second kappa shape index (κ2) is 8.01. The summed E-state index contributed by atoms with van der Waals surface area (Å²) in [5.74, 6) is -0.725. The van der Waals surface area contributed by atoms with Crippen LogP contribution in [0.3, 0.4) is 0 Å². The molecule has 1 amide bonds. The number of carbonyl (C=O) groups is 1. The molecule has 0 N–H and O–H groups in total. The van der Waals surface area contributed by atoms with Crippen molar-refractivity contribution in [2.75, 3.05) is 6.54 Å². The molecule has 0 atom stereocenters. The number of nitro groups is 1. The van der Waals surface area contributed by atoms with Crippen LogP contribution < -0.4 is 0 Å². The van der Waals surface area contributed by atoms with E-state index in [-0.39, 0.29) is 31.1 Å². The second-order valence-electron chi connectivity index (χ2n) is 5.22. The van der Waals surface area contributed by atoms with E-state index in [0.717, 1.165) is 0 Å². The molecule has 0 aliphatic carbocycles. The molecule has 24 heavy (non-hydrogen) atoms. The summed E-state index contributed by atoms with van der Waals surface area (Å²) in [6.45, 7) is 3.92. The number of halogens is 1. The Morgan fingerprint density at radius 1 is 1.17 bits per heavy atom. The summed E-state index contributed by atoms with van der Waals surface area (Å²) >= 11 is 0. The number of hydrogen-bond donors (Lipinski definition) is 0. The largest absolute Gasteiger partial charge is 0.334 e. The molecule has 0 spiro atoms.